The fourth-order valence-corrected chi connectivity index (χ4v) is 5.27. The first kappa shape index (κ1) is 32.2. The van der Waals surface area contributed by atoms with Gasteiger partial charge in [0.2, 0.25) is 11.0 Å². The van der Waals surface area contributed by atoms with Crippen molar-refractivity contribution < 1.29 is 14.3 Å². The Morgan fingerprint density at radius 2 is 1.39 bits per heavy atom. The molecule has 0 saturated heterocycles. The average Bonchev–Trinajstić information content (AvgIpc) is 2.86. The molecule has 6 heteroatoms. The quantitative estimate of drug-likeness (QED) is 0.0698. The highest BCUT2D eigenvalue weighted by atomic mass is 32.2. The molecule has 0 aromatic heterocycles. The fourth-order valence-electron chi connectivity index (χ4n) is 4.37. The van der Waals surface area contributed by atoms with E-state index in [4.69, 9.17) is 4.74 Å². The monoisotopic (exact) mass is 518 g/mol. The minimum atomic E-state index is -0.451. The fraction of sp³-hybridized carbons (Fsp3) is 0.700. The van der Waals surface area contributed by atoms with E-state index in [1.807, 2.05) is 0 Å². The first-order chi connectivity index (χ1) is 17.4. The van der Waals surface area contributed by atoms with Gasteiger partial charge in [0.15, 0.2) is 0 Å². The van der Waals surface area contributed by atoms with E-state index in [1.54, 1.807) is 14.0 Å². The lowest BCUT2D eigenvalue weighted by Crippen LogP contribution is -2.27. The third kappa shape index (κ3) is 12.4. The first-order valence-corrected chi connectivity index (χ1v) is 15.1. The zero-order chi connectivity index (χ0) is 26.8. The summed E-state index contributed by atoms with van der Waals surface area (Å²) in [7, 11) is 1.63. The maximum Gasteiger partial charge on any atom is 0.365 e. The van der Waals surface area contributed by atoms with Gasteiger partial charge in [-0.2, -0.15) is 5.10 Å². The summed E-state index contributed by atoms with van der Waals surface area (Å²) in [6, 6.07) is 4.33. The van der Waals surface area contributed by atoms with Crippen LogP contribution in [0.1, 0.15) is 114 Å². The topological polar surface area (TPSA) is 59.0 Å². The van der Waals surface area contributed by atoms with Crippen LogP contribution in [0.15, 0.2) is 17.2 Å². The SMILES string of the molecule is CCCCCCCCCCCCSC(=NN(C)C(=O)Cc1c(CC)cc(C)cc1CC)C(=O)OCC. The number of nitrogens with zero attached hydrogens (tertiary/aromatic N) is 2. The summed E-state index contributed by atoms with van der Waals surface area (Å²) in [5.41, 5.74) is 4.73. The number of ether oxygens (including phenoxy) is 1. The highest BCUT2D eigenvalue weighted by Crippen LogP contribution is 2.21. The van der Waals surface area contributed by atoms with Crippen LogP contribution in [0.3, 0.4) is 0 Å². The number of benzene rings is 1. The van der Waals surface area contributed by atoms with Crippen molar-refractivity contribution in [1.29, 1.82) is 0 Å². The van der Waals surface area contributed by atoms with Gasteiger partial charge in [-0.1, -0.05) is 108 Å². The third-order valence-corrected chi connectivity index (χ3v) is 7.47. The Morgan fingerprint density at radius 3 is 1.89 bits per heavy atom. The number of likely N-dealkylation sites (N-methyl/N-ethyl adjacent to an activating group) is 1. The molecule has 1 aromatic rings. The molecule has 0 unspecified atom stereocenters. The molecule has 0 atom stereocenters. The van der Waals surface area contributed by atoms with Crippen molar-refractivity contribution in [2.75, 3.05) is 19.4 Å². The Hall–Kier alpha value is -1.82. The van der Waals surface area contributed by atoms with Crippen LogP contribution in [0.4, 0.5) is 0 Å². The molecule has 36 heavy (non-hydrogen) atoms. The molecule has 0 aliphatic rings. The first-order valence-electron chi connectivity index (χ1n) is 14.1. The molecule has 0 radical (unpaired) electrons. The molecule has 0 bridgehead atoms. The number of hydrogen-bond acceptors (Lipinski definition) is 5. The summed E-state index contributed by atoms with van der Waals surface area (Å²) in [6.07, 6.45) is 14.8. The molecular weight excluding hydrogens is 468 g/mol. The van der Waals surface area contributed by atoms with E-state index in [9.17, 15) is 9.59 Å². The van der Waals surface area contributed by atoms with E-state index in [0.29, 0.717) is 0 Å². The molecule has 1 amide bonds. The van der Waals surface area contributed by atoms with Crippen molar-refractivity contribution in [3.8, 4) is 0 Å². The van der Waals surface area contributed by atoms with Crippen LogP contribution in [-0.2, 0) is 33.6 Å². The molecule has 0 heterocycles. The molecule has 1 rings (SSSR count). The molecule has 0 fully saturated rings. The van der Waals surface area contributed by atoms with Gasteiger partial charge in [0.25, 0.3) is 0 Å². The molecule has 0 spiro atoms. The second kappa shape index (κ2) is 19.3. The standard InChI is InChI=1S/C30H50N2O3S/c1-7-11-12-13-14-15-16-17-18-19-20-36-29(30(34)35-10-4)31-32(6)28(33)23-27-25(8-2)21-24(5)22-26(27)9-3/h21-22H,7-20,23H2,1-6H3. The van der Waals surface area contributed by atoms with Crippen LogP contribution in [0, 0.1) is 6.92 Å². The molecule has 204 valence electrons. The van der Waals surface area contributed by atoms with Crippen LogP contribution >= 0.6 is 11.8 Å². The van der Waals surface area contributed by atoms with E-state index >= 15 is 0 Å². The molecule has 0 saturated carbocycles. The summed E-state index contributed by atoms with van der Waals surface area (Å²) in [6.45, 7) is 10.7. The summed E-state index contributed by atoms with van der Waals surface area (Å²) >= 11 is 1.40. The van der Waals surface area contributed by atoms with Gasteiger partial charge in [0.05, 0.1) is 13.0 Å². The number of hydrazone groups is 1. The van der Waals surface area contributed by atoms with Crippen molar-refractivity contribution in [1.82, 2.24) is 5.01 Å². The maximum absolute atomic E-state index is 13.1. The number of hydrogen-bond donors (Lipinski definition) is 0. The number of carbonyl (C=O) groups excluding carboxylic acids is 2. The Morgan fingerprint density at radius 1 is 0.861 bits per heavy atom. The Bertz CT molecular complexity index is 797. The van der Waals surface area contributed by atoms with Gasteiger partial charge in [-0.05, 0) is 55.6 Å². The van der Waals surface area contributed by atoms with Gasteiger partial charge in [0.1, 0.15) is 0 Å². The van der Waals surface area contributed by atoms with Crippen LogP contribution in [0.5, 0.6) is 0 Å². The van der Waals surface area contributed by atoms with Gasteiger partial charge in [-0.3, -0.25) is 4.79 Å². The molecule has 5 nitrogen and oxygen atoms in total. The summed E-state index contributed by atoms with van der Waals surface area (Å²) in [4.78, 5) is 25.6. The molecule has 0 aliphatic heterocycles. The van der Waals surface area contributed by atoms with Crippen LogP contribution < -0.4 is 0 Å². The highest BCUT2D eigenvalue weighted by Gasteiger charge is 2.19. The van der Waals surface area contributed by atoms with Gasteiger partial charge < -0.3 is 4.74 Å². The predicted octanol–water partition coefficient (Wildman–Crippen LogP) is 7.65. The summed E-state index contributed by atoms with van der Waals surface area (Å²) < 4.78 is 5.21. The van der Waals surface area contributed by atoms with Gasteiger partial charge in [-0.25, -0.2) is 9.80 Å². The molecule has 1 aromatic carbocycles. The minimum absolute atomic E-state index is 0.121. The van der Waals surface area contributed by atoms with Crippen LogP contribution in [0.25, 0.3) is 0 Å². The predicted molar refractivity (Wildman–Crippen MR) is 155 cm³/mol. The number of rotatable bonds is 17. The minimum Gasteiger partial charge on any atom is -0.461 e. The summed E-state index contributed by atoms with van der Waals surface area (Å²) in [5.74, 6) is 0.228. The van der Waals surface area contributed by atoms with Crippen LogP contribution in [0.2, 0.25) is 0 Å². The number of aryl methyl sites for hydroxylation is 3. The molecule has 0 N–H and O–H groups in total. The van der Waals surface area contributed by atoms with E-state index in [-0.39, 0.29) is 24.0 Å². The lowest BCUT2D eigenvalue weighted by atomic mass is 9.92. The van der Waals surface area contributed by atoms with E-state index in [2.05, 4.69) is 44.9 Å². The number of unbranched alkanes of at least 4 members (excludes halogenated alkanes) is 9. The van der Waals surface area contributed by atoms with E-state index in [0.717, 1.165) is 37.0 Å². The summed E-state index contributed by atoms with van der Waals surface area (Å²) in [5, 5.41) is 5.97. The zero-order valence-electron chi connectivity index (χ0n) is 23.8. The lowest BCUT2D eigenvalue weighted by Gasteiger charge is -2.18. The second-order valence-electron chi connectivity index (χ2n) is 9.52. The van der Waals surface area contributed by atoms with Crippen molar-refractivity contribution >= 4 is 28.7 Å². The van der Waals surface area contributed by atoms with Crippen LogP contribution in [-0.4, -0.2) is 41.3 Å². The van der Waals surface area contributed by atoms with E-state index in [1.165, 1.54) is 84.8 Å². The van der Waals surface area contributed by atoms with Crippen molar-refractivity contribution in [2.45, 2.75) is 118 Å². The molecular formula is C30H50N2O3S. The number of esters is 1. The normalized spacial score (nSPS) is 11.6. The zero-order valence-corrected chi connectivity index (χ0v) is 24.6. The van der Waals surface area contributed by atoms with Gasteiger partial charge in [-0.15, -0.1) is 0 Å². The Kier molecular flexibility index (Phi) is 17.3. The lowest BCUT2D eigenvalue weighted by molar-refractivity contribution is -0.134. The average molecular weight is 519 g/mol. The maximum atomic E-state index is 13.1. The van der Waals surface area contributed by atoms with Crippen molar-refractivity contribution in [2.24, 2.45) is 5.10 Å². The number of thioether (sulfide) groups is 1. The van der Waals surface area contributed by atoms with Crippen molar-refractivity contribution in [3.05, 3.63) is 34.4 Å². The second-order valence-corrected chi connectivity index (χ2v) is 10.6. The molecule has 0 aliphatic carbocycles. The number of carbonyl (C=O) groups is 2. The smallest absolute Gasteiger partial charge is 0.365 e. The Labute approximate surface area is 224 Å². The van der Waals surface area contributed by atoms with Gasteiger partial charge in [0, 0.05) is 7.05 Å². The Balaban J connectivity index is 2.64. The third-order valence-electron chi connectivity index (χ3n) is 6.46. The highest BCUT2D eigenvalue weighted by molar-refractivity contribution is 8.15. The largest absolute Gasteiger partial charge is 0.461 e. The van der Waals surface area contributed by atoms with E-state index < -0.39 is 5.97 Å². The van der Waals surface area contributed by atoms with Crippen molar-refractivity contribution in [3.63, 3.8) is 0 Å². The van der Waals surface area contributed by atoms with Gasteiger partial charge >= 0.3 is 5.97 Å². The number of amides is 1.